The van der Waals surface area contributed by atoms with E-state index in [9.17, 15) is 9.18 Å². The van der Waals surface area contributed by atoms with Gasteiger partial charge in [-0.3, -0.25) is 4.79 Å². The summed E-state index contributed by atoms with van der Waals surface area (Å²) in [7, 11) is 0. The summed E-state index contributed by atoms with van der Waals surface area (Å²) in [4.78, 5) is 12.1. The van der Waals surface area contributed by atoms with E-state index in [0.717, 1.165) is 0 Å². The van der Waals surface area contributed by atoms with E-state index < -0.39 is 11.9 Å². The van der Waals surface area contributed by atoms with Crippen LogP contribution in [0.15, 0.2) is 48.5 Å². The third kappa shape index (κ3) is 4.46. The van der Waals surface area contributed by atoms with Crippen molar-refractivity contribution >= 4 is 23.2 Å². The van der Waals surface area contributed by atoms with Crippen molar-refractivity contribution in [1.82, 2.24) is 0 Å². The zero-order valence-corrected chi connectivity index (χ0v) is 12.2. The molecule has 0 saturated carbocycles. The molecule has 5 heteroatoms. The molecule has 2 rings (SSSR count). The molecule has 1 amide bonds. The number of rotatable bonds is 5. The van der Waals surface area contributed by atoms with Gasteiger partial charge < -0.3 is 10.1 Å². The van der Waals surface area contributed by atoms with Crippen molar-refractivity contribution in [3.05, 3.63) is 59.4 Å². The van der Waals surface area contributed by atoms with Gasteiger partial charge in [0.25, 0.3) is 5.91 Å². The van der Waals surface area contributed by atoms with E-state index in [1.54, 1.807) is 30.3 Å². The van der Waals surface area contributed by atoms with Gasteiger partial charge in [-0.1, -0.05) is 24.6 Å². The van der Waals surface area contributed by atoms with Gasteiger partial charge in [0, 0.05) is 10.7 Å². The number of benzene rings is 2. The molecule has 110 valence electrons. The van der Waals surface area contributed by atoms with E-state index >= 15 is 0 Å². The van der Waals surface area contributed by atoms with E-state index in [2.05, 4.69) is 5.32 Å². The molecule has 0 fully saturated rings. The molecule has 0 aromatic heterocycles. The number of ether oxygens (including phenoxy) is 1. The molecule has 0 unspecified atom stereocenters. The number of anilines is 1. The summed E-state index contributed by atoms with van der Waals surface area (Å²) in [6.07, 6.45) is -0.168. The second-order valence-corrected chi connectivity index (χ2v) is 4.90. The van der Waals surface area contributed by atoms with Crippen LogP contribution < -0.4 is 10.1 Å². The van der Waals surface area contributed by atoms with Gasteiger partial charge in [-0.25, -0.2) is 4.39 Å². The van der Waals surface area contributed by atoms with Crippen molar-refractivity contribution in [1.29, 1.82) is 0 Å². The van der Waals surface area contributed by atoms with Crippen LogP contribution in [0, 0.1) is 5.82 Å². The van der Waals surface area contributed by atoms with Gasteiger partial charge in [0.05, 0.1) is 0 Å². The first-order valence-electron chi connectivity index (χ1n) is 6.57. The van der Waals surface area contributed by atoms with E-state index in [1.807, 2.05) is 6.92 Å². The van der Waals surface area contributed by atoms with Gasteiger partial charge in [0.2, 0.25) is 0 Å². The van der Waals surface area contributed by atoms with Crippen LogP contribution in [0.25, 0.3) is 0 Å². The molecule has 0 aliphatic carbocycles. The molecule has 0 heterocycles. The third-order valence-electron chi connectivity index (χ3n) is 2.85. The predicted octanol–water partition coefficient (Wildman–Crippen LogP) is 4.28. The van der Waals surface area contributed by atoms with E-state index in [4.69, 9.17) is 16.3 Å². The van der Waals surface area contributed by atoms with Crippen molar-refractivity contribution in [2.75, 3.05) is 5.32 Å². The Morgan fingerprint density at radius 3 is 2.62 bits per heavy atom. The van der Waals surface area contributed by atoms with Crippen LogP contribution in [0.4, 0.5) is 10.1 Å². The monoisotopic (exact) mass is 307 g/mol. The van der Waals surface area contributed by atoms with Gasteiger partial charge in [-0.05, 0) is 48.9 Å². The Hall–Kier alpha value is -2.07. The van der Waals surface area contributed by atoms with E-state index in [0.29, 0.717) is 22.9 Å². The summed E-state index contributed by atoms with van der Waals surface area (Å²) in [6.45, 7) is 1.84. The highest BCUT2D eigenvalue weighted by Crippen LogP contribution is 2.18. The number of hydrogen-bond donors (Lipinski definition) is 1. The Kier molecular flexibility index (Phi) is 5.17. The van der Waals surface area contributed by atoms with Crippen LogP contribution in [-0.2, 0) is 4.79 Å². The Morgan fingerprint density at radius 2 is 2.00 bits per heavy atom. The molecular weight excluding hydrogens is 293 g/mol. The Bertz CT molecular complexity index is 616. The number of carbonyl (C=O) groups excluding carboxylic acids is 1. The second-order valence-electron chi connectivity index (χ2n) is 4.47. The van der Waals surface area contributed by atoms with Crippen molar-refractivity contribution in [2.45, 2.75) is 19.4 Å². The average molecular weight is 308 g/mol. The summed E-state index contributed by atoms with van der Waals surface area (Å²) in [5.74, 6) is -0.168. The zero-order valence-electron chi connectivity index (χ0n) is 11.5. The lowest BCUT2D eigenvalue weighted by atomic mass is 10.2. The molecule has 3 nitrogen and oxygen atoms in total. The smallest absolute Gasteiger partial charge is 0.265 e. The maximum atomic E-state index is 13.1. The normalized spacial score (nSPS) is 11.8. The van der Waals surface area contributed by atoms with Crippen LogP contribution in [0.2, 0.25) is 5.02 Å². The lowest BCUT2D eigenvalue weighted by molar-refractivity contribution is -0.122. The SMILES string of the molecule is CC[C@@H](Oc1ccc(Cl)cc1)C(=O)Nc1cccc(F)c1. The number of amides is 1. The second kappa shape index (κ2) is 7.09. The number of nitrogens with one attached hydrogen (secondary N) is 1. The van der Waals surface area contributed by atoms with Gasteiger partial charge in [0.15, 0.2) is 6.10 Å². The fourth-order valence-corrected chi connectivity index (χ4v) is 1.91. The van der Waals surface area contributed by atoms with Crippen molar-refractivity contribution in [2.24, 2.45) is 0 Å². The minimum atomic E-state index is -0.658. The quantitative estimate of drug-likeness (QED) is 0.895. The number of halogens is 2. The fraction of sp³-hybridized carbons (Fsp3) is 0.188. The van der Waals surface area contributed by atoms with Crippen LogP contribution in [0.1, 0.15) is 13.3 Å². The number of hydrogen-bond acceptors (Lipinski definition) is 2. The zero-order chi connectivity index (χ0) is 15.2. The predicted molar refractivity (Wildman–Crippen MR) is 81.2 cm³/mol. The van der Waals surface area contributed by atoms with Crippen LogP contribution in [0.5, 0.6) is 5.75 Å². The van der Waals surface area contributed by atoms with E-state index in [-0.39, 0.29) is 5.91 Å². The highest BCUT2D eigenvalue weighted by molar-refractivity contribution is 6.30. The summed E-state index contributed by atoms with van der Waals surface area (Å²) in [5, 5.41) is 3.23. The topological polar surface area (TPSA) is 38.3 Å². The van der Waals surface area contributed by atoms with Gasteiger partial charge in [-0.2, -0.15) is 0 Å². The van der Waals surface area contributed by atoms with Crippen molar-refractivity contribution in [3.8, 4) is 5.75 Å². The Balaban J connectivity index is 2.03. The minimum Gasteiger partial charge on any atom is -0.481 e. The molecule has 2 aromatic rings. The Labute approximate surface area is 127 Å². The maximum Gasteiger partial charge on any atom is 0.265 e. The molecule has 0 saturated heterocycles. The first kappa shape index (κ1) is 15.3. The first-order chi connectivity index (χ1) is 10.1. The highest BCUT2D eigenvalue weighted by Gasteiger charge is 2.18. The average Bonchev–Trinajstić information content (AvgIpc) is 2.46. The van der Waals surface area contributed by atoms with Crippen molar-refractivity contribution in [3.63, 3.8) is 0 Å². The van der Waals surface area contributed by atoms with Crippen molar-refractivity contribution < 1.29 is 13.9 Å². The van der Waals surface area contributed by atoms with Crippen LogP contribution in [0.3, 0.4) is 0 Å². The van der Waals surface area contributed by atoms with Crippen LogP contribution >= 0.6 is 11.6 Å². The lowest BCUT2D eigenvalue weighted by Gasteiger charge is -2.17. The molecular formula is C16H15ClFNO2. The maximum absolute atomic E-state index is 13.1. The summed E-state index contributed by atoms with van der Waals surface area (Å²) in [6, 6.07) is 12.5. The summed E-state index contributed by atoms with van der Waals surface area (Å²) >= 11 is 5.80. The van der Waals surface area contributed by atoms with Crippen LogP contribution in [-0.4, -0.2) is 12.0 Å². The first-order valence-corrected chi connectivity index (χ1v) is 6.95. The number of carbonyl (C=O) groups is 1. The largest absolute Gasteiger partial charge is 0.481 e. The highest BCUT2D eigenvalue weighted by atomic mass is 35.5. The van der Waals surface area contributed by atoms with Gasteiger partial charge in [-0.15, -0.1) is 0 Å². The molecule has 0 aliphatic rings. The molecule has 2 aromatic carbocycles. The molecule has 21 heavy (non-hydrogen) atoms. The summed E-state index contributed by atoms with van der Waals surface area (Å²) < 4.78 is 18.7. The standard InChI is InChI=1S/C16H15ClFNO2/c1-2-15(21-14-8-6-11(17)7-9-14)16(20)19-13-5-3-4-12(18)10-13/h3-10,15H,2H2,1H3,(H,19,20)/t15-/m1/s1. The van der Waals surface area contributed by atoms with E-state index in [1.165, 1.54) is 18.2 Å². The minimum absolute atomic E-state index is 0.321. The molecule has 0 bridgehead atoms. The van der Waals surface area contributed by atoms with Gasteiger partial charge in [0.1, 0.15) is 11.6 Å². The molecule has 0 radical (unpaired) electrons. The van der Waals surface area contributed by atoms with Gasteiger partial charge >= 0.3 is 0 Å². The molecule has 0 aliphatic heterocycles. The third-order valence-corrected chi connectivity index (χ3v) is 3.10. The fourth-order valence-electron chi connectivity index (χ4n) is 1.79. The molecule has 0 spiro atoms. The molecule has 1 N–H and O–H groups in total. The summed E-state index contributed by atoms with van der Waals surface area (Å²) in [5.41, 5.74) is 0.401. The Morgan fingerprint density at radius 1 is 1.29 bits per heavy atom. The molecule has 1 atom stereocenters. The lowest BCUT2D eigenvalue weighted by Crippen LogP contribution is -2.32.